The largest absolute Gasteiger partial charge is 0.496 e. The van der Waals surface area contributed by atoms with Crippen LogP contribution in [-0.2, 0) is 0 Å². The summed E-state index contributed by atoms with van der Waals surface area (Å²) < 4.78 is 5.26. The Labute approximate surface area is 115 Å². The minimum absolute atomic E-state index is 0.470. The molecule has 0 unspecified atom stereocenters. The molecule has 1 fully saturated rings. The Balaban J connectivity index is 2.08. The van der Waals surface area contributed by atoms with Crippen molar-refractivity contribution < 1.29 is 4.74 Å². The number of nitrogen functional groups attached to an aromatic ring is 1. The second-order valence-electron chi connectivity index (χ2n) is 5.64. The summed E-state index contributed by atoms with van der Waals surface area (Å²) in [6, 6.07) is 4.39. The first-order valence-corrected chi connectivity index (χ1v) is 7.07. The van der Waals surface area contributed by atoms with Crippen LogP contribution in [0, 0.1) is 12.8 Å². The van der Waals surface area contributed by atoms with Crippen LogP contribution in [0.25, 0.3) is 0 Å². The van der Waals surface area contributed by atoms with Crippen molar-refractivity contribution in [1.29, 1.82) is 0 Å². The molecule has 0 amide bonds. The van der Waals surface area contributed by atoms with E-state index in [0.717, 1.165) is 28.5 Å². The van der Waals surface area contributed by atoms with Gasteiger partial charge in [0.15, 0.2) is 0 Å². The number of anilines is 1. The minimum atomic E-state index is 0.470. The minimum Gasteiger partial charge on any atom is -0.496 e. The molecule has 3 heteroatoms. The maximum Gasteiger partial charge on any atom is 0.123 e. The molecule has 0 heterocycles. The fourth-order valence-electron chi connectivity index (χ4n) is 2.64. The van der Waals surface area contributed by atoms with E-state index in [1.54, 1.807) is 7.11 Å². The molecule has 0 saturated heterocycles. The number of aliphatic imine (C=N–C) groups is 1. The zero-order valence-corrected chi connectivity index (χ0v) is 12.1. The molecule has 1 aliphatic rings. The molecule has 0 radical (unpaired) electrons. The highest BCUT2D eigenvalue weighted by Gasteiger charge is 2.16. The SMILES string of the molecule is COc1cc(N)c(C=NC2CCC(C)CC2)cc1C. The first-order chi connectivity index (χ1) is 9.10. The van der Waals surface area contributed by atoms with Crippen LogP contribution < -0.4 is 10.5 Å². The summed E-state index contributed by atoms with van der Waals surface area (Å²) in [5, 5.41) is 0. The average molecular weight is 260 g/mol. The summed E-state index contributed by atoms with van der Waals surface area (Å²) in [4.78, 5) is 4.70. The van der Waals surface area contributed by atoms with Crippen molar-refractivity contribution in [3.63, 3.8) is 0 Å². The Kier molecular flexibility index (Phi) is 4.46. The van der Waals surface area contributed by atoms with E-state index < -0.39 is 0 Å². The van der Waals surface area contributed by atoms with E-state index in [1.165, 1.54) is 25.7 Å². The lowest BCUT2D eigenvalue weighted by Crippen LogP contribution is -2.15. The molecule has 1 aromatic rings. The number of hydrogen-bond donors (Lipinski definition) is 1. The number of rotatable bonds is 3. The van der Waals surface area contributed by atoms with E-state index in [4.69, 9.17) is 15.5 Å². The van der Waals surface area contributed by atoms with E-state index in [2.05, 4.69) is 6.92 Å². The van der Waals surface area contributed by atoms with E-state index in [-0.39, 0.29) is 0 Å². The van der Waals surface area contributed by atoms with Gasteiger partial charge < -0.3 is 10.5 Å². The fraction of sp³-hybridized carbons (Fsp3) is 0.562. The van der Waals surface area contributed by atoms with Crippen LogP contribution in [0.2, 0.25) is 0 Å². The Morgan fingerprint density at radius 3 is 2.58 bits per heavy atom. The van der Waals surface area contributed by atoms with Gasteiger partial charge in [-0.3, -0.25) is 4.99 Å². The maximum atomic E-state index is 6.03. The van der Waals surface area contributed by atoms with Crippen LogP contribution in [-0.4, -0.2) is 19.4 Å². The lowest BCUT2D eigenvalue weighted by Gasteiger charge is -2.23. The molecule has 1 saturated carbocycles. The molecule has 0 spiro atoms. The Morgan fingerprint density at radius 2 is 1.95 bits per heavy atom. The van der Waals surface area contributed by atoms with Crippen LogP contribution in [0.15, 0.2) is 17.1 Å². The molecular weight excluding hydrogens is 236 g/mol. The van der Waals surface area contributed by atoms with E-state index in [1.807, 2.05) is 25.3 Å². The third kappa shape index (κ3) is 3.49. The van der Waals surface area contributed by atoms with Gasteiger partial charge in [0, 0.05) is 29.6 Å². The predicted molar refractivity (Wildman–Crippen MR) is 81.2 cm³/mol. The lowest BCUT2D eigenvalue weighted by atomic mass is 9.88. The second-order valence-corrected chi connectivity index (χ2v) is 5.64. The number of aryl methyl sites for hydroxylation is 1. The standard InChI is InChI=1S/C16H24N2O/c1-11-4-6-14(7-5-11)18-10-13-8-12(2)16(19-3)9-15(13)17/h8-11,14H,4-7,17H2,1-3H3. The van der Waals surface area contributed by atoms with Crippen molar-refractivity contribution in [2.45, 2.75) is 45.6 Å². The molecule has 0 atom stereocenters. The van der Waals surface area contributed by atoms with Crippen LogP contribution >= 0.6 is 0 Å². The van der Waals surface area contributed by atoms with E-state index >= 15 is 0 Å². The number of nitrogens with zero attached hydrogens (tertiary/aromatic N) is 1. The van der Waals surface area contributed by atoms with Crippen LogP contribution in [0.5, 0.6) is 5.75 Å². The fourth-order valence-corrected chi connectivity index (χ4v) is 2.64. The van der Waals surface area contributed by atoms with Crippen molar-refractivity contribution in [3.05, 3.63) is 23.3 Å². The zero-order valence-electron chi connectivity index (χ0n) is 12.1. The first kappa shape index (κ1) is 13.9. The zero-order chi connectivity index (χ0) is 13.8. The van der Waals surface area contributed by atoms with Gasteiger partial charge in [-0.15, -0.1) is 0 Å². The van der Waals surface area contributed by atoms with Gasteiger partial charge in [-0.1, -0.05) is 6.92 Å². The van der Waals surface area contributed by atoms with Crippen LogP contribution in [0.3, 0.4) is 0 Å². The lowest BCUT2D eigenvalue weighted by molar-refractivity contribution is 0.350. The summed E-state index contributed by atoms with van der Waals surface area (Å²) in [7, 11) is 1.67. The number of nitrogens with two attached hydrogens (primary N) is 1. The number of hydrogen-bond acceptors (Lipinski definition) is 3. The molecule has 0 aromatic heterocycles. The molecular formula is C16H24N2O. The quantitative estimate of drug-likeness (QED) is 0.667. The highest BCUT2D eigenvalue weighted by atomic mass is 16.5. The van der Waals surface area contributed by atoms with Gasteiger partial charge in [0.1, 0.15) is 5.75 Å². The van der Waals surface area contributed by atoms with Crippen molar-refractivity contribution >= 4 is 11.9 Å². The Morgan fingerprint density at radius 1 is 1.26 bits per heavy atom. The second kappa shape index (κ2) is 6.09. The molecule has 19 heavy (non-hydrogen) atoms. The van der Waals surface area contributed by atoms with Gasteiger partial charge in [-0.25, -0.2) is 0 Å². The van der Waals surface area contributed by atoms with Gasteiger partial charge in [0.05, 0.1) is 7.11 Å². The summed E-state index contributed by atoms with van der Waals surface area (Å²) >= 11 is 0. The number of benzene rings is 1. The third-order valence-corrected chi connectivity index (χ3v) is 4.01. The van der Waals surface area contributed by atoms with Gasteiger partial charge in [0.2, 0.25) is 0 Å². The van der Waals surface area contributed by atoms with E-state index in [9.17, 15) is 0 Å². The molecule has 0 aliphatic heterocycles. The average Bonchev–Trinajstić information content (AvgIpc) is 2.41. The van der Waals surface area contributed by atoms with Crippen molar-refractivity contribution in [2.75, 3.05) is 12.8 Å². The van der Waals surface area contributed by atoms with Crippen molar-refractivity contribution in [1.82, 2.24) is 0 Å². The maximum absolute atomic E-state index is 6.03. The molecule has 104 valence electrons. The molecule has 0 bridgehead atoms. The highest BCUT2D eigenvalue weighted by Crippen LogP contribution is 2.27. The number of methoxy groups -OCH3 is 1. The molecule has 2 N–H and O–H groups in total. The van der Waals surface area contributed by atoms with Crippen LogP contribution in [0.4, 0.5) is 5.69 Å². The predicted octanol–water partition coefficient (Wildman–Crippen LogP) is 3.58. The third-order valence-electron chi connectivity index (χ3n) is 4.01. The normalized spacial score (nSPS) is 23.7. The van der Waals surface area contributed by atoms with Crippen molar-refractivity contribution in [2.24, 2.45) is 10.9 Å². The summed E-state index contributed by atoms with van der Waals surface area (Å²) in [5.74, 6) is 1.70. The highest BCUT2D eigenvalue weighted by molar-refractivity contribution is 5.88. The van der Waals surface area contributed by atoms with Gasteiger partial charge in [0.25, 0.3) is 0 Å². The summed E-state index contributed by atoms with van der Waals surface area (Å²) in [6.07, 6.45) is 6.92. The molecule has 3 nitrogen and oxygen atoms in total. The molecule has 2 rings (SSSR count). The first-order valence-electron chi connectivity index (χ1n) is 7.07. The van der Waals surface area contributed by atoms with E-state index in [0.29, 0.717) is 6.04 Å². The van der Waals surface area contributed by atoms with Crippen LogP contribution in [0.1, 0.15) is 43.7 Å². The van der Waals surface area contributed by atoms with Crippen molar-refractivity contribution in [3.8, 4) is 5.75 Å². The Bertz CT molecular complexity index is 460. The molecule has 1 aliphatic carbocycles. The summed E-state index contributed by atoms with van der Waals surface area (Å²) in [5.41, 5.74) is 8.85. The topological polar surface area (TPSA) is 47.6 Å². The monoisotopic (exact) mass is 260 g/mol. The summed E-state index contributed by atoms with van der Waals surface area (Å²) in [6.45, 7) is 4.35. The smallest absolute Gasteiger partial charge is 0.123 e. The van der Waals surface area contributed by atoms with Gasteiger partial charge in [-0.05, 0) is 50.2 Å². The molecule has 1 aromatic carbocycles. The number of ether oxygens (including phenoxy) is 1. The van der Waals surface area contributed by atoms with Gasteiger partial charge in [-0.2, -0.15) is 0 Å². The van der Waals surface area contributed by atoms with Gasteiger partial charge >= 0.3 is 0 Å². The Hall–Kier alpha value is -1.51.